The van der Waals surface area contributed by atoms with Crippen molar-refractivity contribution in [3.63, 3.8) is 0 Å². The molecule has 0 unspecified atom stereocenters. The average molecular weight is 262 g/mol. The Hall–Kier alpha value is -1.39. The Morgan fingerprint density at radius 3 is 2.67 bits per heavy atom. The average Bonchev–Trinajstić information content (AvgIpc) is 2.89. The van der Waals surface area contributed by atoms with Crippen LogP contribution in [0, 0.1) is 0 Å². The molecule has 2 rings (SSSR count). The van der Waals surface area contributed by atoms with Gasteiger partial charge in [-0.3, -0.25) is 0 Å². The molecule has 4 heteroatoms. The fraction of sp³-hybridized carbons (Fsp3) is 0.357. The molecule has 0 fully saturated rings. The van der Waals surface area contributed by atoms with Gasteiger partial charge in [0.05, 0.1) is 13.2 Å². The van der Waals surface area contributed by atoms with Gasteiger partial charge in [-0.05, 0) is 36.9 Å². The lowest BCUT2D eigenvalue weighted by Gasteiger charge is -2.27. The van der Waals surface area contributed by atoms with E-state index >= 15 is 0 Å². The van der Waals surface area contributed by atoms with Gasteiger partial charge in [-0.2, -0.15) is 0 Å². The van der Waals surface area contributed by atoms with Gasteiger partial charge in [0.2, 0.25) is 0 Å². The number of anilines is 1. The second kappa shape index (κ2) is 5.98. The van der Waals surface area contributed by atoms with Crippen LogP contribution in [0.5, 0.6) is 0 Å². The maximum absolute atomic E-state index is 9.03. The van der Waals surface area contributed by atoms with Gasteiger partial charge in [-0.25, -0.2) is 4.98 Å². The Labute approximate surface area is 112 Å². The molecule has 0 aliphatic rings. The third-order valence-electron chi connectivity index (χ3n) is 2.82. The van der Waals surface area contributed by atoms with Crippen molar-refractivity contribution in [2.45, 2.75) is 33.0 Å². The molecule has 0 spiro atoms. The van der Waals surface area contributed by atoms with E-state index in [0.717, 1.165) is 17.9 Å². The minimum Gasteiger partial charge on any atom is -0.392 e. The molecule has 2 heterocycles. The summed E-state index contributed by atoms with van der Waals surface area (Å²) in [7, 11) is 0. The quantitative estimate of drug-likeness (QED) is 0.899. The molecule has 1 N–H and O–H groups in total. The number of hydrogen-bond acceptors (Lipinski definition) is 4. The fourth-order valence-corrected chi connectivity index (χ4v) is 2.48. The standard InChI is InChI=1S/C14H18N2OS/c1-11(2)16(9-13-4-3-7-18-13)14-6-5-12(10-17)8-15-14/h3-8,11,17H,9-10H2,1-2H3. The minimum atomic E-state index is 0.0416. The summed E-state index contributed by atoms with van der Waals surface area (Å²) in [6.07, 6.45) is 1.74. The number of pyridine rings is 1. The number of aromatic nitrogens is 1. The van der Waals surface area contributed by atoms with Gasteiger partial charge < -0.3 is 10.0 Å². The molecule has 0 amide bonds. The van der Waals surface area contributed by atoms with Crippen molar-refractivity contribution in [1.29, 1.82) is 0 Å². The van der Waals surface area contributed by atoms with Crippen LogP contribution in [-0.2, 0) is 13.2 Å². The van der Waals surface area contributed by atoms with E-state index in [1.165, 1.54) is 4.88 Å². The highest BCUT2D eigenvalue weighted by Crippen LogP contribution is 2.20. The second-order valence-electron chi connectivity index (χ2n) is 4.48. The van der Waals surface area contributed by atoms with Gasteiger partial charge in [0.25, 0.3) is 0 Å². The predicted molar refractivity (Wildman–Crippen MR) is 75.8 cm³/mol. The van der Waals surface area contributed by atoms with Crippen LogP contribution in [0.3, 0.4) is 0 Å². The second-order valence-corrected chi connectivity index (χ2v) is 5.52. The van der Waals surface area contributed by atoms with Crippen molar-refractivity contribution in [2.24, 2.45) is 0 Å². The Morgan fingerprint density at radius 1 is 1.33 bits per heavy atom. The lowest BCUT2D eigenvalue weighted by Crippen LogP contribution is -2.30. The van der Waals surface area contributed by atoms with E-state index in [1.807, 2.05) is 12.1 Å². The number of rotatable bonds is 5. The highest BCUT2D eigenvalue weighted by molar-refractivity contribution is 7.09. The molecular formula is C14H18N2OS. The van der Waals surface area contributed by atoms with Crippen LogP contribution in [0.15, 0.2) is 35.8 Å². The third-order valence-corrected chi connectivity index (χ3v) is 3.68. The summed E-state index contributed by atoms with van der Waals surface area (Å²) in [4.78, 5) is 8.01. The van der Waals surface area contributed by atoms with Crippen molar-refractivity contribution in [2.75, 3.05) is 4.90 Å². The summed E-state index contributed by atoms with van der Waals surface area (Å²) in [5.41, 5.74) is 0.846. The number of aliphatic hydroxyl groups excluding tert-OH is 1. The topological polar surface area (TPSA) is 36.4 Å². The normalized spacial score (nSPS) is 10.9. The highest BCUT2D eigenvalue weighted by atomic mass is 32.1. The third kappa shape index (κ3) is 3.09. The van der Waals surface area contributed by atoms with Crippen LogP contribution in [0.25, 0.3) is 0 Å². The fourth-order valence-electron chi connectivity index (χ4n) is 1.78. The van der Waals surface area contributed by atoms with Crippen LogP contribution in [0.2, 0.25) is 0 Å². The summed E-state index contributed by atoms with van der Waals surface area (Å²) in [5.74, 6) is 0.954. The van der Waals surface area contributed by atoms with Gasteiger partial charge in [-0.15, -0.1) is 11.3 Å². The van der Waals surface area contributed by atoms with Crippen LogP contribution >= 0.6 is 11.3 Å². The molecule has 18 heavy (non-hydrogen) atoms. The maximum Gasteiger partial charge on any atom is 0.129 e. The molecule has 0 aliphatic carbocycles. The van der Waals surface area contributed by atoms with Crippen LogP contribution < -0.4 is 4.90 Å². The zero-order chi connectivity index (χ0) is 13.0. The smallest absolute Gasteiger partial charge is 0.129 e. The molecule has 0 aliphatic heterocycles. The van der Waals surface area contributed by atoms with Crippen molar-refractivity contribution in [3.8, 4) is 0 Å². The molecule has 0 saturated heterocycles. The van der Waals surface area contributed by atoms with E-state index in [4.69, 9.17) is 5.11 Å². The number of thiophene rings is 1. The molecule has 96 valence electrons. The zero-order valence-corrected chi connectivity index (χ0v) is 11.5. The molecule has 2 aromatic rings. The molecule has 0 aromatic carbocycles. The van der Waals surface area contributed by atoms with E-state index in [-0.39, 0.29) is 6.61 Å². The first-order chi connectivity index (χ1) is 8.70. The summed E-state index contributed by atoms with van der Waals surface area (Å²) in [6, 6.07) is 8.49. The lowest BCUT2D eigenvalue weighted by atomic mass is 10.2. The number of nitrogens with zero attached hydrogens (tertiary/aromatic N) is 2. The first kappa shape index (κ1) is 13.1. The van der Waals surface area contributed by atoms with E-state index in [0.29, 0.717) is 6.04 Å². The monoisotopic (exact) mass is 262 g/mol. The summed E-state index contributed by atoms with van der Waals surface area (Å²) in [5, 5.41) is 11.1. The van der Waals surface area contributed by atoms with Crippen molar-refractivity contribution >= 4 is 17.2 Å². The lowest BCUT2D eigenvalue weighted by molar-refractivity contribution is 0.281. The first-order valence-corrected chi connectivity index (χ1v) is 6.93. The highest BCUT2D eigenvalue weighted by Gasteiger charge is 2.12. The van der Waals surface area contributed by atoms with Crippen LogP contribution in [0.4, 0.5) is 5.82 Å². The molecule has 0 radical (unpaired) electrons. The summed E-state index contributed by atoms with van der Waals surface area (Å²) < 4.78 is 0. The largest absolute Gasteiger partial charge is 0.392 e. The van der Waals surface area contributed by atoms with Gasteiger partial charge in [-0.1, -0.05) is 12.1 Å². The molecular weight excluding hydrogens is 244 g/mol. The SMILES string of the molecule is CC(C)N(Cc1cccs1)c1ccc(CO)cn1. The van der Waals surface area contributed by atoms with E-state index in [9.17, 15) is 0 Å². The Kier molecular flexibility index (Phi) is 4.33. The van der Waals surface area contributed by atoms with Crippen LogP contribution in [-0.4, -0.2) is 16.1 Å². The van der Waals surface area contributed by atoms with Gasteiger partial charge in [0.15, 0.2) is 0 Å². The van der Waals surface area contributed by atoms with Gasteiger partial charge >= 0.3 is 0 Å². The Balaban J connectivity index is 2.18. The van der Waals surface area contributed by atoms with Crippen molar-refractivity contribution in [3.05, 3.63) is 46.3 Å². The van der Waals surface area contributed by atoms with Crippen molar-refractivity contribution < 1.29 is 5.11 Å². The molecule has 0 bridgehead atoms. The maximum atomic E-state index is 9.03. The summed E-state index contributed by atoms with van der Waals surface area (Å²) >= 11 is 1.76. The van der Waals surface area contributed by atoms with E-state index in [1.54, 1.807) is 17.5 Å². The van der Waals surface area contributed by atoms with Gasteiger partial charge in [0.1, 0.15) is 5.82 Å². The molecule has 0 atom stereocenters. The van der Waals surface area contributed by atoms with E-state index in [2.05, 4.69) is 41.2 Å². The van der Waals surface area contributed by atoms with Crippen LogP contribution in [0.1, 0.15) is 24.3 Å². The Morgan fingerprint density at radius 2 is 2.17 bits per heavy atom. The van der Waals surface area contributed by atoms with Crippen molar-refractivity contribution in [1.82, 2.24) is 4.98 Å². The molecule has 0 saturated carbocycles. The zero-order valence-electron chi connectivity index (χ0n) is 10.7. The minimum absolute atomic E-state index is 0.0416. The molecule has 3 nitrogen and oxygen atoms in total. The summed E-state index contributed by atoms with van der Waals surface area (Å²) in [6.45, 7) is 5.24. The predicted octanol–water partition coefficient (Wildman–Crippen LogP) is 3.05. The molecule has 2 aromatic heterocycles. The first-order valence-electron chi connectivity index (χ1n) is 6.05. The van der Waals surface area contributed by atoms with E-state index < -0.39 is 0 Å². The van der Waals surface area contributed by atoms with Gasteiger partial charge in [0, 0.05) is 17.1 Å². The number of hydrogen-bond donors (Lipinski definition) is 1. The Bertz CT molecular complexity index is 465. The number of aliphatic hydroxyl groups is 1.